The normalized spacial score (nSPS) is 19.7. The second-order valence-corrected chi connectivity index (χ2v) is 6.39. The number of aliphatic carboxylic acids is 1. The highest BCUT2D eigenvalue weighted by Crippen LogP contribution is 2.33. The van der Waals surface area contributed by atoms with Crippen molar-refractivity contribution in [2.75, 3.05) is 26.2 Å². The molecule has 2 amide bonds. The van der Waals surface area contributed by atoms with Gasteiger partial charge in [-0.05, 0) is 6.92 Å². The standard InChI is InChI=1S/C15H20N4O5/c1-10-11(7-17(2)16-10)13(22)18-5-3-15(4-6-18)9-19(8-12(20)21)14(23)24-15/h7H,3-6,8-9H2,1-2H3,(H,20,21). The SMILES string of the molecule is Cc1nn(C)cc1C(=O)N1CCC2(CC1)CN(CC(=O)O)C(=O)O2. The Morgan fingerprint density at radius 3 is 2.58 bits per heavy atom. The van der Waals surface area contributed by atoms with E-state index in [0.717, 1.165) is 0 Å². The zero-order valence-corrected chi connectivity index (χ0v) is 13.7. The Bertz CT molecular complexity index is 690. The van der Waals surface area contributed by atoms with Crippen molar-refractivity contribution in [1.29, 1.82) is 0 Å². The molecule has 2 fully saturated rings. The first-order chi connectivity index (χ1) is 11.3. The lowest BCUT2D eigenvalue weighted by Gasteiger charge is -2.37. The molecule has 0 unspecified atom stereocenters. The zero-order chi connectivity index (χ0) is 17.5. The average Bonchev–Trinajstić information content (AvgIpc) is 2.98. The van der Waals surface area contributed by atoms with E-state index in [1.807, 2.05) is 0 Å². The van der Waals surface area contributed by atoms with Crippen LogP contribution in [0.5, 0.6) is 0 Å². The molecule has 1 aromatic rings. The highest BCUT2D eigenvalue weighted by Gasteiger charge is 2.48. The monoisotopic (exact) mass is 336 g/mol. The van der Waals surface area contributed by atoms with Gasteiger partial charge in [-0.15, -0.1) is 0 Å². The molecule has 1 N–H and O–H groups in total. The van der Waals surface area contributed by atoms with Gasteiger partial charge in [0, 0.05) is 39.2 Å². The number of carbonyl (C=O) groups excluding carboxylic acids is 2. The van der Waals surface area contributed by atoms with Gasteiger partial charge in [-0.3, -0.25) is 19.2 Å². The topological polar surface area (TPSA) is 105 Å². The van der Waals surface area contributed by atoms with Gasteiger partial charge in [-0.1, -0.05) is 0 Å². The van der Waals surface area contributed by atoms with Crippen molar-refractivity contribution in [1.82, 2.24) is 19.6 Å². The quantitative estimate of drug-likeness (QED) is 0.848. The number of aromatic nitrogens is 2. The van der Waals surface area contributed by atoms with E-state index in [0.29, 0.717) is 37.2 Å². The largest absolute Gasteiger partial charge is 0.480 e. The average molecular weight is 336 g/mol. The summed E-state index contributed by atoms with van der Waals surface area (Å²) >= 11 is 0. The molecule has 0 saturated carbocycles. The van der Waals surface area contributed by atoms with E-state index in [1.165, 1.54) is 4.90 Å². The first-order valence-electron chi connectivity index (χ1n) is 7.79. The van der Waals surface area contributed by atoms with Crippen molar-refractivity contribution in [3.63, 3.8) is 0 Å². The number of carboxylic acids is 1. The molecule has 0 radical (unpaired) electrons. The van der Waals surface area contributed by atoms with Crippen LogP contribution in [-0.4, -0.2) is 74.4 Å². The predicted molar refractivity (Wildman–Crippen MR) is 81.5 cm³/mol. The lowest BCUT2D eigenvalue weighted by atomic mass is 9.91. The summed E-state index contributed by atoms with van der Waals surface area (Å²) in [7, 11) is 1.77. The molecule has 0 aliphatic carbocycles. The van der Waals surface area contributed by atoms with E-state index < -0.39 is 17.7 Å². The summed E-state index contributed by atoms with van der Waals surface area (Å²) in [6.07, 6.45) is 2.10. The van der Waals surface area contributed by atoms with Gasteiger partial charge in [0.15, 0.2) is 0 Å². The first-order valence-corrected chi connectivity index (χ1v) is 7.79. The van der Waals surface area contributed by atoms with Crippen LogP contribution in [0.2, 0.25) is 0 Å². The number of hydrogen-bond donors (Lipinski definition) is 1. The third kappa shape index (κ3) is 2.93. The number of piperidine rings is 1. The Labute approximate surface area is 138 Å². The Morgan fingerprint density at radius 1 is 1.38 bits per heavy atom. The Hall–Kier alpha value is -2.58. The van der Waals surface area contributed by atoms with Crippen LogP contribution >= 0.6 is 0 Å². The molecule has 0 aromatic carbocycles. The number of hydrogen-bond acceptors (Lipinski definition) is 5. The fraction of sp³-hybridized carbons (Fsp3) is 0.600. The predicted octanol–water partition coefficient (Wildman–Crippen LogP) is 0.240. The van der Waals surface area contributed by atoms with Crippen LogP contribution in [0.4, 0.5) is 4.79 Å². The summed E-state index contributed by atoms with van der Waals surface area (Å²) in [5.41, 5.74) is 0.569. The smallest absolute Gasteiger partial charge is 0.411 e. The van der Waals surface area contributed by atoms with Gasteiger partial charge in [0.1, 0.15) is 12.1 Å². The molecule has 1 spiro atoms. The number of rotatable bonds is 3. The van der Waals surface area contributed by atoms with E-state index in [9.17, 15) is 14.4 Å². The molecule has 0 bridgehead atoms. The van der Waals surface area contributed by atoms with Crippen molar-refractivity contribution in [3.05, 3.63) is 17.5 Å². The van der Waals surface area contributed by atoms with Crippen molar-refractivity contribution < 1.29 is 24.2 Å². The third-order valence-electron chi connectivity index (χ3n) is 4.57. The molecule has 2 saturated heterocycles. The number of amides is 2. The molecule has 2 aliphatic heterocycles. The minimum atomic E-state index is -1.07. The van der Waals surface area contributed by atoms with Gasteiger partial charge in [-0.25, -0.2) is 4.79 Å². The van der Waals surface area contributed by atoms with Crippen LogP contribution < -0.4 is 0 Å². The molecule has 2 aliphatic rings. The first kappa shape index (κ1) is 16.3. The van der Waals surface area contributed by atoms with Crippen LogP contribution in [0.15, 0.2) is 6.20 Å². The lowest BCUT2D eigenvalue weighted by molar-refractivity contribution is -0.137. The molecule has 3 heterocycles. The number of ether oxygens (including phenoxy) is 1. The molecule has 0 atom stereocenters. The van der Waals surface area contributed by atoms with Gasteiger partial charge in [0.05, 0.1) is 17.8 Å². The highest BCUT2D eigenvalue weighted by atomic mass is 16.6. The van der Waals surface area contributed by atoms with Crippen LogP contribution in [-0.2, 0) is 16.6 Å². The third-order valence-corrected chi connectivity index (χ3v) is 4.57. The number of carboxylic acid groups (broad SMARTS) is 1. The van der Waals surface area contributed by atoms with Crippen molar-refractivity contribution in [3.8, 4) is 0 Å². The van der Waals surface area contributed by atoms with E-state index in [4.69, 9.17) is 9.84 Å². The van der Waals surface area contributed by atoms with Gasteiger partial charge in [0.25, 0.3) is 5.91 Å². The molecule has 130 valence electrons. The van der Waals surface area contributed by atoms with Gasteiger partial charge >= 0.3 is 12.1 Å². The van der Waals surface area contributed by atoms with Crippen LogP contribution in [0.1, 0.15) is 28.9 Å². The van der Waals surface area contributed by atoms with Gasteiger partial charge < -0.3 is 14.7 Å². The minimum absolute atomic E-state index is 0.0813. The van der Waals surface area contributed by atoms with Crippen molar-refractivity contribution in [2.24, 2.45) is 7.05 Å². The molecular weight excluding hydrogens is 316 g/mol. The summed E-state index contributed by atoms with van der Waals surface area (Å²) in [6.45, 7) is 2.61. The molecule has 9 heteroatoms. The second kappa shape index (κ2) is 5.81. The van der Waals surface area contributed by atoms with E-state index in [2.05, 4.69) is 5.10 Å². The van der Waals surface area contributed by atoms with E-state index in [1.54, 1.807) is 29.7 Å². The van der Waals surface area contributed by atoms with E-state index in [-0.39, 0.29) is 19.0 Å². The van der Waals surface area contributed by atoms with Gasteiger partial charge in [-0.2, -0.15) is 5.10 Å². The second-order valence-electron chi connectivity index (χ2n) is 6.39. The Balaban J connectivity index is 1.64. The molecule has 9 nitrogen and oxygen atoms in total. The van der Waals surface area contributed by atoms with Crippen LogP contribution in [0.25, 0.3) is 0 Å². The maximum absolute atomic E-state index is 12.6. The number of carbonyl (C=O) groups is 3. The van der Waals surface area contributed by atoms with Crippen molar-refractivity contribution >= 4 is 18.0 Å². The Morgan fingerprint density at radius 2 is 2.04 bits per heavy atom. The summed E-state index contributed by atoms with van der Waals surface area (Å²) in [5, 5.41) is 13.0. The molecule has 24 heavy (non-hydrogen) atoms. The van der Waals surface area contributed by atoms with Crippen molar-refractivity contribution in [2.45, 2.75) is 25.4 Å². The molecule has 3 rings (SSSR count). The minimum Gasteiger partial charge on any atom is -0.480 e. The number of aryl methyl sites for hydroxylation is 2. The lowest BCUT2D eigenvalue weighted by Crippen LogP contribution is -2.49. The summed E-state index contributed by atoms with van der Waals surface area (Å²) in [5.74, 6) is -1.15. The molecule has 1 aromatic heterocycles. The fourth-order valence-electron chi connectivity index (χ4n) is 3.34. The Kier molecular flexibility index (Phi) is 3.94. The summed E-state index contributed by atoms with van der Waals surface area (Å²) in [6, 6.07) is 0. The highest BCUT2D eigenvalue weighted by molar-refractivity contribution is 5.95. The maximum Gasteiger partial charge on any atom is 0.411 e. The zero-order valence-electron chi connectivity index (χ0n) is 13.7. The van der Waals surface area contributed by atoms with E-state index >= 15 is 0 Å². The summed E-state index contributed by atoms with van der Waals surface area (Å²) < 4.78 is 7.04. The summed E-state index contributed by atoms with van der Waals surface area (Å²) in [4.78, 5) is 38.1. The van der Waals surface area contributed by atoms with Crippen LogP contribution in [0, 0.1) is 6.92 Å². The number of nitrogens with zero attached hydrogens (tertiary/aromatic N) is 4. The fourth-order valence-corrected chi connectivity index (χ4v) is 3.34. The molecular formula is C15H20N4O5. The maximum atomic E-state index is 12.6. The number of likely N-dealkylation sites (tertiary alicyclic amines) is 1. The van der Waals surface area contributed by atoms with Gasteiger partial charge in [0.2, 0.25) is 0 Å². The van der Waals surface area contributed by atoms with Crippen LogP contribution in [0.3, 0.4) is 0 Å².